The van der Waals surface area contributed by atoms with Crippen molar-refractivity contribution < 1.29 is 0 Å². The van der Waals surface area contributed by atoms with Gasteiger partial charge in [0.15, 0.2) is 11.6 Å². The van der Waals surface area contributed by atoms with Gasteiger partial charge in [-0.2, -0.15) is 9.97 Å². The first-order valence-corrected chi connectivity index (χ1v) is 28.1. The first-order chi connectivity index (χ1) is 40.4. The van der Waals surface area contributed by atoms with E-state index in [0.29, 0.717) is 17.6 Å². The molecular weight excluding hydrogens is 993 g/mol. The molecule has 0 N–H and O–H groups in total. The zero-order valence-corrected chi connectivity index (χ0v) is 45.5. The summed E-state index contributed by atoms with van der Waals surface area (Å²) in [7, 11) is 0. The van der Waals surface area contributed by atoms with E-state index in [-0.39, 0.29) is 5.41 Å². The van der Waals surface area contributed by atoms with Crippen molar-refractivity contribution in [2.45, 2.75) is 19.3 Å². The fourth-order valence-electron chi connectivity index (χ4n) is 12.4. The number of benzene rings is 12. The molecule has 0 saturated heterocycles. The maximum absolute atomic E-state index is 5.68. The Bertz CT molecular complexity index is 4400. The van der Waals surface area contributed by atoms with Crippen LogP contribution in [0, 0.1) is 0 Å². The van der Waals surface area contributed by atoms with Crippen LogP contribution in [0.25, 0.3) is 140 Å². The molecule has 0 radical (unpaired) electrons. The molecule has 0 atom stereocenters. The molecule has 1 aliphatic rings. The largest absolute Gasteiger partial charge is 0.278 e. The molecular formula is C78H54N4. The fourth-order valence-corrected chi connectivity index (χ4v) is 12.4. The molecule has 82 heavy (non-hydrogen) atoms. The molecule has 1 aliphatic carbocycles. The molecule has 4 nitrogen and oxygen atoms in total. The summed E-state index contributed by atoms with van der Waals surface area (Å²) in [5.41, 5.74) is 24.4. The second-order valence-electron chi connectivity index (χ2n) is 22.0. The smallest absolute Gasteiger partial charge is 0.238 e. The Morgan fingerprint density at radius 2 is 0.585 bits per heavy atom. The third kappa shape index (κ3) is 8.70. The van der Waals surface area contributed by atoms with Gasteiger partial charge in [0.25, 0.3) is 0 Å². The predicted octanol–water partition coefficient (Wildman–Crippen LogP) is 20.3. The van der Waals surface area contributed by atoms with Gasteiger partial charge in [-0.1, -0.05) is 226 Å². The van der Waals surface area contributed by atoms with Crippen molar-refractivity contribution in [3.05, 3.63) is 302 Å². The lowest BCUT2D eigenvalue weighted by Crippen LogP contribution is -2.15. The van der Waals surface area contributed by atoms with Crippen molar-refractivity contribution in [2.75, 3.05) is 0 Å². The zero-order valence-electron chi connectivity index (χ0n) is 45.5. The Kier molecular flexibility index (Phi) is 11.8. The molecule has 0 aliphatic heterocycles. The minimum Gasteiger partial charge on any atom is -0.278 e. The molecule has 4 heteroatoms. The van der Waals surface area contributed by atoms with Gasteiger partial charge in [0.2, 0.25) is 5.95 Å². The highest BCUT2D eigenvalue weighted by molar-refractivity contribution is 6.13. The first kappa shape index (κ1) is 48.6. The van der Waals surface area contributed by atoms with Crippen LogP contribution in [-0.4, -0.2) is 19.5 Å². The van der Waals surface area contributed by atoms with E-state index in [1.807, 2.05) is 0 Å². The van der Waals surface area contributed by atoms with Crippen LogP contribution in [0.2, 0.25) is 0 Å². The lowest BCUT2D eigenvalue weighted by atomic mass is 9.82. The summed E-state index contributed by atoms with van der Waals surface area (Å²) in [5.74, 6) is 1.69. The Hall–Kier alpha value is -10.6. The van der Waals surface area contributed by atoms with E-state index in [0.717, 1.165) is 88.6 Å². The number of rotatable bonds is 10. The average molecular weight is 1050 g/mol. The summed E-state index contributed by atoms with van der Waals surface area (Å²) >= 11 is 0. The van der Waals surface area contributed by atoms with Crippen molar-refractivity contribution in [1.82, 2.24) is 19.5 Å². The molecule has 386 valence electrons. The number of fused-ring (bicyclic) bond motifs is 6. The van der Waals surface area contributed by atoms with Crippen LogP contribution >= 0.6 is 0 Å². The van der Waals surface area contributed by atoms with Crippen molar-refractivity contribution in [3.8, 4) is 118 Å². The van der Waals surface area contributed by atoms with Gasteiger partial charge in [-0.05, 0) is 179 Å². The van der Waals surface area contributed by atoms with Crippen molar-refractivity contribution in [3.63, 3.8) is 0 Å². The predicted molar refractivity (Wildman–Crippen MR) is 341 cm³/mol. The summed E-state index contributed by atoms with van der Waals surface area (Å²) in [5, 5.41) is 2.24. The molecule has 0 saturated carbocycles. The molecule has 12 aromatic carbocycles. The lowest BCUT2D eigenvalue weighted by Gasteiger charge is -2.21. The Morgan fingerprint density at radius 3 is 0.988 bits per heavy atom. The maximum atomic E-state index is 5.68. The van der Waals surface area contributed by atoms with E-state index in [1.165, 1.54) is 44.5 Å². The highest BCUT2D eigenvalue weighted by atomic mass is 15.2. The minimum absolute atomic E-state index is 0.259. The van der Waals surface area contributed by atoms with E-state index < -0.39 is 0 Å². The Balaban J connectivity index is 1.02. The molecule has 0 amide bonds. The van der Waals surface area contributed by atoms with E-state index in [9.17, 15) is 0 Å². The zero-order chi connectivity index (χ0) is 54.7. The maximum Gasteiger partial charge on any atom is 0.238 e. The lowest BCUT2D eigenvalue weighted by molar-refractivity contribution is 0.661. The molecule has 0 unspecified atom stereocenters. The molecule has 2 heterocycles. The summed E-state index contributed by atoms with van der Waals surface area (Å²) in [6.07, 6.45) is 0. The van der Waals surface area contributed by atoms with Gasteiger partial charge in [-0.3, -0.25) is 4.57 Å². The third-order valence-corrected chi connectivity index (χ3v) is 16.6. The van der Waals surface area contributed by atoms with Crippen LogP contribution in [-0.2, 0) is 5.41 Å². The average Bonchev–Trinajstić information content (AvgIpc) is 2.49. The second-order valence-corrected chi connectivity index (χ2v) is 22.0. The standard InChI is InChI=1S/C78H54N4/c1-78(2)71-36-22-21-35-67(71)68-49-70-69-48-57(64-42-58(51-23-9-3-10-24-51)39-59(43-64)52-25-11-4-12-26-52)37-38-73(69)82(74(70)50-72(68)78)77-80-75(65-44-60(53-27-13-5-14-28-53)40-61(45-65)54-29-15-6-16-30-54)79-76(81-77)66-46-62(55-31-17-7-18-32-55)41-63(47-66)56-33-19-8-20-34-56/h3-50H,1-2H3. The van der Waals surface area contributed by atoms with Crippen LogP contribution < -0.4 is 0 Å². The molecule has 0 bridgehead atoms. The van der Waals surface area contributed by atoms with Crippen LogP contribution in [0.3, 0.4) is 0 Å². The van der Waals surface area contributed by atoms with Crippen LogP contribution in [0.5, 0.6) is 0 Å². The Morgan fingerprint density at radius 1 is 0.244 bits per heavy atom. The quantitative estimate of drug-likeness (QED) is 0.137. The summed E-state index contributed by atoms with van der Waals surface area (Å²) in [6.45, 7) is 4.71. The van der Waals surface area contributed by atoms with Gasteiger partial charge < -0.3 is 0 Å². The molecule has 0 fully saturated rings. The molecule has 15 rings (SSSR count). The topological polar surface area (TPSA) is 43.6 Å². The van der Waals surface area contributed by atoms with E-state index in [4.69, 9.17) is 15.0 Å². The second kappa shape index (κ2) is 20.0. The fraction of sp³-hybridized carbons (Fsp3) is 0.0385. The Labute approximate surface area is 478 Å². The van der Waals surface area contributed by atoms with Crippen molar-refractivity contribution >= 4 is 21.8 Å². The minimum atomic E-state index is -0.259. The van der Waals surface area contributed by atoms with Crippen LogP contribution in [0.1, 0.15) is 25.0 Å². The van der Waals surface area contributed by atoms with Crippen LogP contribution in [0.4, 0.5) is 0 Å². The highest BCUT2D eigenvalue weighted by Crippen LogP contribution is 2.51. The highest BCUT2D eigenvalue weighted by Gasteiger charge is 2.36. The summed E-state index contributed by atoms with van der Waals surface area (Å²) in [6, 6.07) is 105. The number of hydrogen-bond donors (Lipinski definition) is 0. The van der Waals surface area contributed by atoms with E-state index >= 15 is 0 Å². The number of aromatic nitrogens is 4. The van der Waals surface area contributed by atoms with Gasteiger partial charge in [-0.25, -0.2) is 4.98 Å². The van der Waals surface area contributed by atoms with E-state index in [1.54, 1.807) is 0 Å². The summed E-state index contributed by atoms with van der Waals surface area (Å²) in [4.78, 5) is 16.9. The van der Waals surface area contributed by atoms with Crippen molar-refractivity contribution in [1.29, 1.82) is 0 Å². The normalized spacial score (nSPS) is 12.4. The third-order valence-electron chi connectivity index (χ3n) is 16.6. The molecule has 2 aromatic heterocycles. The van der Waals surface area contributed by atoms with Crippen LogP contribution in [0.15, 0.2) is 291 Å². The van der Waals surface area contributed by atoms with Gasteiger partial charge in [0, 0.05) is 27.3 Å². The first-order valence-electron chi connectivity index (χ1n) is 28.1. The number of hydrogen-bond acceptors (Lipinski definition) is 3. The number of nitrogens with zero attached hydrogens (tertiary/aromatic N) is 4. The van der Waals surface area contributed by atoms with Gasteiger partial charge in [0.05, 0.1) is 11.0 Å². The summed E-state index contributed by atoms with van der Waals surface area (Å²) < 4.78 is 2.30. The van der Waals surface area contributed by atoms with Crippen molar-refractivity contribution in [2.24, 2.45) is 0 Å². The van der Waals surface area contributed by atoms with Gasteiger partial charge in [-0.15, -0.1) is 0 Å². The monoisotopic (exact) mass is 1050 g/mol. The molecule has 14 aromatic rings. The van der Waals surface area contributed by atoms with Gasteiger partial charge >= 0.3 is 0 Å². The van der Waals surface area contributed by atoms with E-state index in [2.05, 4.69) is 310 Å². The van der Waals surface area contributed by atoms with Gasteiger partial charge in [0.1, 0.15) is 0 Å². The molecule has 0 spiro atoms. The SMILES string of the molecule is CC1(C)c2ccccc2-c2cc3c4cc(-c5cc(-c6ccccc6)cc(-c6ccccc6)c5)ccc4n(-c4nc(-c5cc(-c6ccccc6)cc(-c6ccccc6)c5)nc(-c5cc(-c6ccccc6)cc(-c6ccccc6)c5)n4)c3cc21.